The number of nitrogens with two attached hydrogens (primary N) is 1. The van der Waals surface area contributed by atoms with Crippen LogP contribution in [-0.2, 0) is 23.9 Å². The number of halogens is 2. The van der Waals surface area contributed by atoms with Crippen LogP contribution in [0, 0.1) is 0 Å². The number of hydrogen-bond acceptors (Lipinski definition) is 5. The average molecular weight is 1060 g/mol. The second-order valence-electron chi connectivity index (χ2n) is 14.8. The monoisotopic (exact) mass is 1050 g/mol. The fourth-order valence-corrected chi connectivity index (χ4v) is 8.64. The molecule has 9 heteroatoms. The van der Waals surface area contributed by atoms with E-state index in [4.69, 9.17) is 20.5 Å². The molecule has 0 atom stereocenters. The molecule has 2 heterocycles. The van der Waals surface area contributed by atoms with Gasteiger partial charge in [-0.05, 0) is 98.4 Å². The van der Waals surface area contributed by atoms with Gasteiger partial charge in [-0.25, -0.2) is 0 Å². The van der Waals surface area contributed by atoms with Gasteiger partial charge in [0.25, 0.3) is 0 Å². The van der Waals surface area contributed by atoms with E-state index in [2.05, 4.69) is 167 Å². The molecular formula is C54H50BBrCuIN2O3. The molecule has 322 valence electrons. The molecule has 1 fully saturated rings. The first-order valence-electron chi connectivity index (χ1n) is 20.5. The van der Waals surface area contributed by atoms with Crippen molar-refractivity contribution in [1.29, 1.82) is 0 Å². The van der Waals surface area contributed by atoms with Gasteiger partial charge in [-0.1, -0.05) is 187 Å². The maximum Gasteiger partial charge on any atom is 0.0470 e. The van der Waals surface area contributed by atoms with E-state index in [1.165, 1.54) is 84.5 Å². The van der Waals surface area contributed by atoms with E-state index in [-0.39, 0.29) is 7.43 Å². The van der Waals surface area contributed by atoms with Gasteiger partial charge in [0, 0.05) is 51.1 Å². The first-order valence-corrected chi connectivity index (χ1v) is 24.3. The van der Waals surface area contributed by atoms with E-state index in [1.807, 2.05) is 30.3 Å². The van der Waals surface area contributed by atoms with Gasteiger partial charge in [0.05, 0.1) is 0 Å². The molecule has 5 N–H and O–H groups in total. The molecule has 5 nitrogen and oxygen atoms in total. The average Bonchev–Trinajstić information content (AvgIpc) is 3.92. The number of rotatable bonds is 1. The molecule has 1 saturated heterocycles. The molecule has 1 aliphatic carbocycles. The fourth-order valence-electron chi connectivity index (χ4n) is 8.03. The number of para-hydroxylation sites is 1. The van der Waals surface area contributed by atoms with Crippen molar-refractivity contribution in [3.8, 4) is 22.3 Å². The van der Waals surface area contributed by atoms with Crippen LogP contribution in [0.5, 0.6) is 0 Å². The third kappa shape index (κ3) is 11.6. The zero-order valence-electron chi connectivity index (χ0n) is 33.9. The Hall–Kier alpha value is -4.97. The predicted octanol–water partition coefficient (Wildman–Crippen LogP) is 13.8. The molecule has 0 radical (unpaired) electrons. The minimum Gasteiger partial charge on any atom is -0.354 e. The summed E-state index contributed by atoms with van der Waals surface area (Å²) in [4.78, 5) is 0. The third-order valence-corrected chi connectivity index (χ3v) is 11.5. The van der Waals surface area contributed by atoms with Crippen molar-refractivity contribution < 1.29 is 27.5 Å². The van der Waals surface area contributed by atoms with Gasteiger partial charge in [-0.3, -0.25) is 0 Å². The number of hydrogen-bond donors (Lipinski definition) is 4. The molecule has 9 aromatic rings. The van der Waals surface area contributed by atoms with E-state index >= 15 is 0 Å². The van der Waals surface area contributed by atoms with Crippen molar-refractivity contribution in [3.63, 3.8) is 0 Å². The van der Waals surface area contributed by atoms with Crippen LogP contribution in [0.4, 0.5) is 17.1 Å². The zero-order chi connectivity index (χ0) is 43.3. The van der Waals surface area contributed by atoms with Gasteiger partial charge in [0.15, 0.2) is 0 Å². The Kier molecular flexibility index (Phi) is 17.8. The van der Waals surface area contributed by atoms with Gasteiger partial charge >= 0.3 is 40.2 Å². The number of fused-ring (bicyclic) bond motifs is 5. The summed E-state index contributed by atoms with van der Waals surface area (Å²) in [6.07, 6.45) is 3.62. The first-order chi connectivity index (χ1) is 30.5. The van der Waals surface area contributed by atoms with Gasteiger partial charge in [0.1, 0.15) is 0 Å². The van der Waals surface area contributed by atoms with Crippen LogP contribution < -0.4 is 16.5 Å². The predicted molar refractivity (Wildman–Crippen MR) is 278 cm³/mol. The summed E-state index contributed by atoms with van der Waals surface area (Å²) in [5, 5.41) is 28.3. The molecule has 12 rings (SSSR count). The number of nitrogens with one attached hydrogen (secondary N) is 1. The molecule has 3 aliphatic rings. The van der Waals surface area contributed by atoms with Crippen LogP contribution in [0.3, 0.4) is 0 Å². The van der Waals surface area contributed by atoms with Crippen LogP contribution in [-0.4, -0.2) is 30.4 Å². The van der Waals surface area contributed by atoms with Crippen molar-refractivity contribution in [2.45, 2.75) is 26.7 Å². The topological polar surface area (TPSA) is 87.7 Å². The molecule has 0 spiro atoms. The van der Waals surface area contributed by atoms with Crippen LogP contribution in [0.15, 0.2) is 193 Å². The largest absolute Gasteiger partial charge is 0.354 e. The Balaban J connectivity index is 0.000000135. The number of anilines is 3. The minimum atomic E-state index is -1.34. The van der Waals surface area contributed by atoms with Gasteiger partial charge in [-0.2, -0.15) is 0 Å². The van der Waals surface area contributed by atoms with E-state index in [9.17, 15) is 0 Å². The molecule has 2 aliphatic heterocycles. The standard InChI is InChI=1S/C17H12.C16H11N.C10H8BrN.C6H7BO2.C4H8O.CH4.Cu.HI/c1-2-9-15-13(5-1)11-14-8-3-6-12-7-4-10-16(15)17(12)14;1-2-9-14-12(7-1)13-8-3-5-11-6-4-10-15(17-14)16(11)13;11-8-5-1-3-7-4-2-6-9(12)10(7)8;8-7(9)6-4-2-1-3-5-6;1-2-4-5-3-1;;;/h1-10H,11H2;1-10,17H;1-6H,12H2;1-5,8-9H;1-4H2;1H4;;1H/q;;;;;;+1;/p-1. The van der Waals surface area contributed by atoms with E-state index < -0.39 is 7.12 Å². The van der Waals surface area contributed by atoms with Crippen molar-refractivity contribution in [2.24, 2.45) is 0 Å². The number of nitrogen functional groups attached to an aromatic ring is 1. The normalized spacial score (nSPS) is 11.9. The molecule has 0 aromatic heterocycles. The smallest absolute Gasteiger partial charge is 0.0470 e. The SMILES string of the molecule is C.C1CCOC1.Nc1cccc2cccc(Br)c12.OB(O)c1ccccc1.[Cu][I].c1ccc2c(c1)Cc1cccc3cccc-2c13.c1ccc2c(c1)Nc1cccc3cccc-2c13. The Bertz CT molecular complexity index is 2710. The summed E-state index contributed by atoms with van der Waals surface area (Å²) in [7, 11) is -1.34. The van der Waals surface area contributed by atoms with Gasteiger partial charge < -0.3 is 25.8 Å². The quantitative estimate of drug-likeness (QED) is 0.0747. The summed E-state index contributed by atoms with van der Waals surface area (Å²) < 4.78 is 6.00. The Labute approximate surface area is 399 Å². The van der Waals surface area contributed by atoms with Crippen LogP contribution in [0.25, 0.3) is 54.6 Å². The molecule has 9 aromatic carbocycles. The third-order valence-electron chi connectivity index (χ3n) is 10.9. The van der Waals surface area contributed by atoms with E-state index in [0.29, 0.717) is 5.46 Å². The Morgan fingerprint density at radius 1 is 0.508 bits per heavy atom. The zero-order valence-corrected chi connectivity index (χ0v) is 38.6. The van der Waals surface area contributed by atoms with Crippen LogP contribution in [0.2, 0.25) is 0 Å². The summed E-state index contributed by atoms with van der Waals surface area (Å²) >= 11 is 9.34. The van der Waals surface area contributed by atoms with Gasteiger partial charge in [-0.15, -0.1) is 0 Å². The molecule has 63 heavy (non-hydrogen) atoms. The van der Waals surface area contributed by atoms with Gasteiger partial charge in [0.2, 0.25) is 0 Å². The van der Waals surface area contributed by atoms with Crippen LogP contribution in [0.1, 0.15) is 31.4 Å². The molecule has 0 bridgehead atoms. The fraction of sp³-hybridized carbons (Fsp3) is 0.111. The summed E-state index contributed by atoms with van der Waals surface area (Å²) in [5.41, 5.74) is 17.9. The minimum absolute atomic E-state index is 0. The summed E-state index contributed by atoms with van der Waals surface area (Å²) in [6, 6.07) is 64.0. The van der Waals surface area contributed by atoms with Crippen molar-refractivity contribution in [1.82, 2.24) is 0 Å². The Morgan fingerprint density at radius 3 is 1.60 bits per heavy atom. The first kappa shape index (κ1) is 47.5. The van der Waals surface area contributed by atoms with E-state index in [0.717, 1.165) is 35.2 Å². The second-order valence-corrected chi connectivity index (χ2v) is 15.7. The maximum atomic E-state index is 8.58. The Morgan fingerprint density at radius 2 is 0.984 bits per heavy atom. The van der Waals surface area contributed by atoms with Crippen molar-refractivity contribution in [2.75, 3.05) is 24.3 Å². The van der Waals surface area contributed by atoms with Crippen LogP contribution >= 0.6 is 36.3 Å². The molecule has 0 unspecified atom stereocenters. The number of benzene rings is 9. The molecule has 0 saturated carbocycles. The van der Waals surface area contributed by atoms with E-state index in [1.54, 1.807) is 44.6 Å². The van der Waals surface area contributed by atoms with Crippen molar-refractivity contribution >= 4 is 98.2 Å². The maximum absolute atomic E-state index is 8.58. The summed E-state index contributed by atoms with van der Waals surface area (Å²) in [6.45, 7) is 2.00. The molecular weight excluding hydrogens is 1010 g/mol. The molecule has 0 amide bonds. The van der Waals surface area contributed by atoms with Crippen molar-refractivity contribution in [3.05, 3.63) is 204 Å². The second kappa shape index (κ2) is 23.6. The summed E-state index contributed by atoms with van der Waals surface area (Å²) in [5.74, 6) is 0. The number of ether oxygens (including phenoxy) is 1.